The molecule has 122 valence electrons. The molecule has 6 heteroatoms. The highest BCUT2D eigenvalue weighted by Gasteiger charge is 2.25. The average Bonchev–Trinajstić information content (AvgIpc) is 2.84. The van der Waals surface area contributed by atoms with Crippen molar-refractivity contribution >= 4 is 17.5 Å². The van der Waals surface area contributed by atoms with Crippen LogP contribution < -0.4 is 0 Å². The SMILES string of the molecule is Cc1ccc(CN2CCN(Cc3n[nH]c(C)c3Cl)CC2=O)cc1. The maximum atomic E-state index is 12.4. The van der Waals surface area contributed by atoms with Crippen molar-refractivity contribution in [3.8, 4) is 0 Å². The van der Waals surface area contributed by atoms with Gasteiger partial charge in [-0.05, 0) is 19.4 Å². The average molecular weight is 333 g/mol. The molecule has 5 nitrogen and oxygen atoms in total. The molecule has 2 heterocycles. The van der Waals surface area contributed by atoms with Gasteiger partial charge in [0.25, 0.3) is 0 Å². The molecule has 1 saturated heterocycles. The number of hydrogen-bond acceptors (Lipinski definition) is 3. The molecular formula is C17H21ClN4O. The number of halogens is 1. The smallest absolute Gasteiger partial charge is 0.237 e. The van der Waals surface area contributed by atoms with Crippen molar-refractivity contribution < 1.29 is 4.79 Å². The van der Waals surface area contributed by atoms with Gasteiger partial charge in [-0.3, -0.25) is 14.8 Å². The molecule has 1 aromatic heterocycles. The van der Waals surface area contributed by atoms with E-state index in [1.807, 2.05) is 11.8 Å². The third-order valence-corrected chi connectivity index (χ3v) is 4.71. The number of nitrogens with one attached hydrogen (secondary N) is 1. The Balaban J connectivity index is 1.58. The molecule has 0 aliphatic carbocycles. The molecule has 0 atom stereocenters. The van der Waals surface area contributed by atoms with Crippen LogP contribution in [-0.2, 0) is 17.9 Å². The van der Waals surface area contributed by atoms with E-state index in [2.05, 4.69) is 46.3 Å². The van der Waals surface area contributed by atoms with E-state index in [1.54, 1.807) is 0 Å². The first kappa shape index (κ1) is 16.0. The summed E-state index contributed by atoms with van der Waals surface area (Å²) in [5.41, 5.74) is 4.08. The maximum Gasteiger partial charge on any atom is 0.237 e. The van der Waals surface area contributed by atoms with Crippen molar-refractivity contribution in [1.82, 2.24) is 20.0 Å². The normalized spacial score (nSPS) is 16.1. The minimum absolute atomic E-state index is 0.153. The van der Waals surface area contributed by atoms with Crippen LogP contribution in [0.4, 0.5) is 0 Å². The molecule has 0 radical (unpaired) electrons. The van der Waals surface area contributed by atoms with Gasteiger partial charge in [0.15, 0.2) is 0 Å². The van der Waals surface area contributed by atoms with E-state index in [-0.39, 0.29) is 5.91 Å². The zero-order valence-electron chi connectivity index (χ0n) is 13.5. The number of rotatable bonds is 4. The molecule has 0 spiro atoms. The Kier molecular flexibility index (Phi) is 4.68. The molecule has 23 heavy (non-hydrogen) atoms. The second kappa shape index (κ2) is 6.72. The predicted octanol–water partition coefficient (Wildman–Crippen LogP) is 2.52. The molecule has 0 unspecified atom stereocenters. The third-order valence-electron chi connectivity index (χ3n) is 4.21. The molecule has 3 rings (SSSR count). The van der Waals surface area contributed by atoms with Gasteiger partial charge in [0.1, 0.15) is 0 Å². The summed E-state index contributed by atoms with van der Waals surface area (Å²) in [6, 6.07) is 8.33. The number of H-pyrrole nitrogens is 1. The monoisotopic (exact) mass is 332 g/mol. The molecule has 1 aliphatic rings. The van der Waals surface area contributed by atoms with Gasteiger partial charge in [0, 0.05) is 26.2 Å². The van der Waals surface area contributed by atoms with Gasteiger partial charge in [-0.1, -0.05) is 41.4 Å². The van der Waals surface area contributed by atoms with Crippen LogP contribution in [0.2, 0.25) is 5.02 Å². The summed E-state index contributed by atoms with van der Waals surface area (Å²) in [4.78, 5) is 16.4. The van der Waals surface area contributed by atoms with Gasteiger partial charge in [-0.25, -0.2) is 0 Å². The van der Waals surface area contributed by atoms with E-state index in [4.69, 9.17) is 11.6 Å². The third kappa shape index (κ3) is 3.74. The fraction of sp³-hybridized carbons (Fsp3) is 0.412. The van der Waals surface area contributed by atoms with E-state index in [9.17, 15) is 4.79 Å². The standard InChI is InChI=1S/C17H21ClN4O/c1-12-3-5-14(6-4-12)9-22-8-7-21(11-16(22)23)10-15-17(18)13(2)19-20-15/h3-6H,7-11H2,1-2H3,(H,19,20). The minimum atomic E-state index is 0.153. The molecule has 0 saturated carbocycles. The first-order valence-corrected chi connectivity index (χ1v) is 8.16. The topological polar surface area (TPSA) is 52.2 Å². The highest BCUT2D eigenvalue weighted by molar-refractivity contribution is 6.31. The molecule has 1 amide bonds. The summed E-state index contributed by atoms with van der Waals surface area (Å²) in [5.74, 6) is 0.153. The van der Waals surface area contributed by atoms with Crippen molar-refractivity contribution in [1.29, 1.82) is 0 Å². The number of hydrogen-bond donors (Lipinski definition) is 1. The molecule has 0 bridgehead atoms. The summed E-state index contributed by atoms with van der Waals surface area (Å²) in [6.07, 6.45) is 0. The van der Waals surface area contributed by atoms with Crippen LogP contribution in [0, 0.1) is 13.8 Å². The lowest BCUT2D eigenvalue weighted by molar-refractivity contribution is -0.136. The van der Waals surface area contributed by atoms with Crippen LogP contribution in [0.3, 0.4) is 0 Å². The number of aromatic amines is 1. The van der Waals surface area contributed by atoms with E-state index in [0.717, 1.165) is 24.5 Å². The number of benzene rings is 1. The van der Waals surface area contributed by atoms with E-state index in [1.165, 1.54) is 11.1 Å². The number of carbonyl (C=O) groups is 1. The molecule has 1 fully saturated rings. The number of nitrogens with zero attached hydrogens (tertiary/aromatic N) is 3. The maximum absolute atomic E-state index is 12.4. The van der Waals surface area contributed by atoms with E-state index >= 15 is 0 Å². The highest BCUT2D eigenvalue weighted by atomic mass is 35.5. The van der Waals surface area contributed by atoms with Crippen LogP contribution in [0.1, 0.15) is 22.5 Å². The van der Waals surface area contributed by atoms with Crippen molar-refractivity contribution in [2.45, 2.75) is 26.9 Å². The minimum Gasteiger partial charge on any atom is -0.336 e. The Morgan fingerprint density at radius 1 is 1.17 bits per heavy atom. The fourth-order valence-electron chi connectivity index (χ4n) is 2.76. The lowest BCUT2D eigenvalue weighted by Crippen LogP contribution is -2.49. The zero-order chi connectivity index (χ0) is 16.4. The van der Waals surface area contributed by atoms with Crippen LogP contribution in [0.25, 0.3) is 0 Å². The van der Waals surface area contributed by atoms with Crippen molar-refractivity contribution in [2.75, 3.05) is 19.6 Å². The van der Waals surface area contributed by atoms with Gasteiger partial charge in [-0.15, -0.1) is 0 Å². The summed E-state index contributed by atoms with van der Waals surface area (Å²) < 4.78 is 0. The van der Waals surface area contributed by atoms with Gasteiger partial charge in [0.2, 0.25) is 5.91 Å². The van der Waals surface area contributed by atoms with Crippen LogP contribution in [-0.4, -0.2) is 45.5 Å². The summed E-state index contributed by atoms with van der Waals surface area (Å²) in [6.45, 7) is 7.21. The van der Waals surface area contributed by atoms with Crippen LogP contribution in [0.5, 0.6) is 0 Å². The summed E-state index contributed by atoms with van der Waals surface area (Å²) in [7, 11) is 0. The Labute approximate surface area is 141 Å². The van der Waals surface area contributed by atoms with Crippen molar-refractivity contribution in [3.63, 3.8) is 0 Å². The Morgan fingerprint density at radius 2 is 1.91 bits per heavy atom. The molecule has 2 aromatic rings. The van der Waals surface area contributed by atoms with Crippen molar-refractivity contribution in [2.24, 2.45) is 0 Å². The fourth-order valence-corrected chi connectivity index (χ4v) is 2.90. The zero-order valence-corrected chi connectivity index (χ0v) is 14.2. The lowest BCUT2D eigenvalue weighted by Gasteiger charge is -2.34. The summed E-state index contributed by atoms with van der Waals surface area (Å²) in [5, 5.41) is 7.75. The van der Waals surface area contributed by atoms with E-state index < -0.39 is 0 Å². The molecular weight excluding hydrogens is 312 g/mol. The Morgan fingerprint density at radius 3 is 2.52 bits per heavy atom. The quantitative estimate of drug-likeness (QED) is 0.936. The molecule has 1 aromatic carbocycles. The Bertz CT molecular complexity index is 695. The van der Waals surface area contributed by atoms with Crippen molar-refractivity contribution in [3.05, 3.63) is 51.8 Å². The highest BCUT2D eigenvalue weighted by Crippen LogP contribution is 2.20. The van der Waals surface area contributed by atoms with E-state index in [0.29, 0.717) is 24.7 Å². The lowest BCUT2D eigenvalue weighted by atomic mass is 10.1. The van der Waals surface area contributed by atoms with Gasteiger partial charge in [0.05, 0.1) is 23.0 Å². The van der Waals surface area contributed by atoms with Gasteiger partial charge < -0.3 is 4.90 Å². The molecule has 1 aliphatic heterocycles. The predicted molar refractivity (Wildman–Crippen MR) is 90.2 cm³/mol. The summed E-state index contributed by atoms with van der Waals surface area (Å²) >= 11 is 6.20. The second-order valence-electron chi connectivity index (χ2n) is 6.12. The first-order valence-electron chi connectivity index (χ1n) is 7.78. The van der Waals surface area contributed by atoms with Crippen LogP contribution >= 0.6 is 11.6 Å². The number of amides is 1. The molecule has 1 N–H and O–H groups in total. The first-order chi connectivity index (χ1) is 11.0. The van der Waals surface area contributed by atoms with Gasteiger partial charge >= 0.3 is 0 Å². The van der Waals surface area contributed by atoms with Crippen LogP contribution in [0.15, 0.2) is 24.3 Å². The largest absolute Gasteiger partial charge is 0.336 e. The van der Waals surface area contributed by atoms with Gasteiger partial charge in [-0.2, -0.15) is 5.10 Å². The number of carbonyl (C=O) groups excluding carboxylic acids is 1. The number of aromatic nitrogens is 2. The second-order valence-corrected chi connectivity index (χ2v) is 6.50. The number of piperazine rings is 1. The Hall–Kier alpha value is -1.85. The number of aryl methyl sites for hydroxylation is 2.